The smallest absolute Gasteiger partial charge is 0.275 e. The molecule has 0 spiro atoms. The Morgan fingerprint density at radius 3 is 2.92 bits per heavy atom. The fourth-order valence-electron chi connectivity index (χ4n) is 2.59. The highest BCUT2D eigenvalue weighted by Gasteiger charge is 2.08. The summed E-state index contributed by atoms with van der Waals surface area (Å²) in [4.78, 5) is 22.8. The van der Waals surface area contributed by atoms with E-state index in [1.807, 2.05) is 24.0 Å². The lowest BCUT2D eigenvalue weighted by Crippen LogP contribution is -2.21. The summed E-state index contributed by atoms with van der Waals surface area (Å²) >= 11 is 1.90. The first-order valence-electron chi connectivity index (χ1n) is 8.16. The van der Waals surface area contributed by atoms with Crippen LogP contribution in [0.2, 0.25) is 0 Å². The summed E-state index contributed by atoms with van der Waals surface area (Å²) in [5.74, 6) is 1.72. The van der Waals surface area contributed by atoms with Crippen molar-refractivity contribution in [1.29, 1.82) is 0 Å². The van der Waals surface area contributed by atoms with Gasteiger partial charge in [0, 0.05) is 23.2 Å². The molecule has 0 aliphatic carbocycles. The van der Waals surface area contributed by atoms with Gasteiger partial charge in [0.15, 0.2) is 0 Å². The second-order valence-corrected chi connectivity index (χ2v) is 7.12. The lowest BCUT2D eigenvalue weighted by atomic mass is 10.1. The van der Waals surface area contributed by atoms with Crippen molar-refractivity contribution in [3.05, 3.63) is 58.8 Å². The quantitative estimate of drug-likeness (QED) is 0.550. The van der Waals surface area contributed by atoms with E-state index in [-0.39, 0.29) is 5.56 Å². The van der Waals surface area contributed by atoms with Gasteiger partial charge in [0.05, 0.1) is 11.8 Å². The van der Waals surface area contributed by atoms with E-state index in [4.69, 9.17) is 0 Å². The number of nitrogens with zero attached hydrogens (tertiary/aromatic N) is 1. The standard InChI is InChI=1S/C18H22N4OS/c1-13(7-8-24-15-5-3-2-4-6-15)9-19-10-14-11-20-17-16(14)21-12-22-18(17)23/h2-6,11-13,19-20H,7-10H2,1H3,(H,21,22,23). The molecule has 0 saturated heterocycles. The van der Waals surface area contributed by atoms with E-state index in [2.05, 4.69) is 51.5 Å². The fraction of sp³-hybridized carbons (Fsp3) is 0.333. The van der Waals surface area contributed by atoms with Gasteiger partial charge < -0.3 is 15.3 Å². The summed E-state index contributed by atoms with van der Waals surface area (Å²) in [5.41, 5.74) is 2.19. The SMILES string of the molecule is CC(CCSc1ccccc1)CNCc1c[nH]c2c(=O)[nH]cnc12. The van der Waals surface area contributed by atoms with E-state index in [0.717, 1.165) is 23.4 Å². The second kappa shape index (κ2) is 8.17. The molecule has 1 aromatic carbocycles. The number of rotatable bonds is 8. The van der Waals surface area contributed by atoms with Crippen molar-refractivity contribution < 1.29 is 0 Å². The van der Waals surface area contributed by atoms with E-state index in [1.54, 1.807) is 0 Å². The van der Waals surface area contributed by atoms with E-state index < -0.39 is 0 Å². The highest BCUT2D eigenvalue weighted by molar-refractivity contribution is 7.99. The van der Waals surface area contributed by atoms with Crippen molar-refractivity contribution in [2.75, 3.05) is 12.3 Å². The van der Waals surface area contributed by atoms with Crippen LogP contribution >= 0.6 is 11.8 Å². The summed E-state index contributed by atoms with van der Waals surface area (Å²) in [6.45, 7) is 3.93. The largest absolute Gasteiger partial charge is 0.355 e. The van der Waals surface area contributed by atoms with E-state index >= 15 is 0 Å². The van der Waals surface area contributed by atoms with Gasteiger partial charge in [0.2, 0.25) is 0 Å². The van der Waals surface area contributed by atoms with Crippen LogP contribution in [0.1, 0.15) is 18.9 Å². The lowest BCUT2D eigenvalue weighted by Gasteiger charge is -2.12. The highest BCUT2D eigenvalue weighted by Crippen LogP contribution is 2.19. The molecule has 3 rings (SSSR count). The monoisotopic (exact) mass is 342 g/mol. The zero-order chi connectivity index (χ0) is 16.8. The fourth-order valence-corrected chi connectivity index (χ4v) is 3.69. The molecular formula is C18H22N4OS. The van der Waals surface area contributed by atoms with Gasteiger partial charge in [-0.15, -0.1) is 11.8 Å². The maximum atomic E-state index is 11.7. The van der Waals surface area contributed by atoms with Crippen molar-refractivity contribution in [3.63, 3.8) is 0 Å². The summed E-state index contributed by atoms with van der Waals surface area (Å²) in [6, 6.07) is 10.5. The van der Waals surface area contributed by atoms with Gasteiger partial charge in [-0.3, -0.25) is 4.79 Å². The molecule has 0 aliphatic rings. The predicted octanol–water partition coefficient (Wildman–Crippen LogP) is 3.16. The molecule has 0 aliphatic heterocycles. The molecule has 1 unspecified atom stereocenters. The summed E-state index contributed by atoms with van der Waals surface area (Å²) in [5, 5.41) is 3.47. The molecule has 5 nitrogen and oxygen atoms in total. The molecule has 24 heavy (non-hydrogen) atoms. The molecule has 3 N–H and O–H groups in total. The van der Waals surface area contributed by atoms with E-state index in [9.17, 15) is 4.79 Å². The minimum Gasteiger partial charge on any atom is -0.355 e. The van der Waals surface area contributed by atoms with Crippen LogP contribution in [0.3, 0.4) is 0 Å². The van der Waals surface area contributed by atoms with Crippen LogP contribution in [0.25, 0.3) is 11.0 Å². The first-order valence-corrected chi connectivity index (χ1v) is 9.15. The number of hydrogen-bond acceptors (Lipinski definition) is 4. The number of aromatic nitrogens is 3. The molecule has 0 amide bonds. The van der Waals surface area contributed by atoms with Crippen molar-refractivity contribution in [1.82, 2.24) is 20.3 Å². The molecule has 6 heteroatoms. The Morgan fingerprint density at radius 1 is 1.25 bits per heavy atom. The molecule has 0 radical (unpaired) electrons. The van der Waals surface area contributed by atoms with Gasteiger partial charge >= 0.3 is 0 Å². The van der Waals surface area contributed by atoms with Crippen molar-refractivity contribution >= 4 is 22.8 Å². The molecule has 0 saturated carbocycles. The molecule has 0 fully saturated rings. The number of nitrogens with one attached hydrogen (secondary N) is 3. The average Bonchev–Trinajstić information content (AvgIpc) is 3.01. The first-order chi connectivity index (χ1) is 11.7. The topological polar surface area (TPSA) is 73.6 Å². The Kier molecular flexibility index (Phi) is 5.72. The summed E-state index contributed by atoms with van der Waals surface area (Å²) < 4.78 is 0. The van der Waals surface area contributed by atoms with Crippen LogP contribution in [-0.4, -0.2) is 27.2 Å². The number of aromatic amines is 2. The molecule has 3 aromatic rings. The summed E-state index contributed by atoms with van der Waals surface area (Å²) in [7, 11) is 0. The number of H-pyrrole nitrogens is 2. The third kappa shape index (κ3) is 4.27. The molecule has 2 aromatic heterocycles. The van der Waals surface area contributed by atoms with Gasteiger partial charge in [0.25, 0.3) is 5.56 Å². The number of benzene rings is 1. The van der Waals surface area contributed by atoms with Crippen LogP contribution in [0, 0.1) is 5.92 Å². The zero-order valence-corrected chi connectivity index (χ0v) is 14.5. The third-order valence-corrected chi connectivity index (χ3v) is 5.02. The Morgan fingerprint density at radius 2 is 2.08 bits per heavy atom. The Bertz CT molecular complexity index is 828. The normalized spacial score (nSPS) is 12.5. The van der Waals surface area contributed by atoms with Crippen LogP contribution in [0.5, 0.6) is 0 Å². The van der Waals surface area contributed by atoms with E-state index in [0.29, 0.717) is 18.0 Å². The minimum atomic E-state index is -0.127. The Hall–Kier alpha value is -2.05. The Labute approximate surface area is 145 Å². The van der Waals surface area contributed by atoms with Crippen LogP contribution in [0.15, 0.2) is 52.5 Å². The van der Waals surface area contributed by atoms with E-state index in [1.165, 1.54) is 17.6 Å². The van der Waals surface area contributed by atoms with Gasteiger partial charge in [-0.1, -0.05) is 25.1 Å². The molecular weight excluding hydrogens is 320 g/mol. The maximum Gasteiger partial charge on any atom is 0.275 e. The van der Waals surface area contributed by atoms with Gasteiger partial charge in [-0.2, -0.15) is 0 Å². The Balaban J connectivity index is 1.42. The van der Waals surface area contributed by atoms with Crippen LogP contribution < -0.4 is 10.9 Å². The number of thioether (sulfide) groups is 1. The minimum absolute atomic E-state index is 0.127. The highest BCUT2D eigenvalue weighted by atomic mass is 32.2. The molecule has 2 heterocycles. The van der Waals surface area contributed by atoms with Crippen molar-refractivity contribution in [3.8, 4) is 0 Å². The third-order valence-electron chi connectivity index (χ3n) is 3.98. The predicted molar refractivity (Wildman–Crippen MR) is 99.4 cm³/mol. The van der Waals surface area contributed by atoms with Crippen molar-refractivity contribution in [2.24, 2.45) is 5.92 Å². The molecule has 126 valence electrons. The summed E-state index contributed by atoms with van der Waals surface area (Å²) in [6.07, 6.45) is 4.47. The van der Waals surface area contributed by atoms with Gasteiger partial charge in [0.1, 0.15) is 5.52 Å². The number of fused-ring (bicyclic) bond motifs is 1. The zero-order valence-electron chi connectivity index (χ0n) is 13.7. The molecule has 1 atom stereocenters. The van der Waals surface area contributed by atoms with Crippen molar-refractivity contribution in [2.45, 2.75) is 24.8 Å². The first kappa shape index (κ1) is 16.8. The van der Waals surface area contributed by atoms with Crippen LogP contribution in [-0.2, 0) is 6.54 Å². The molecule has 0 bridgehead atoms. The number of hydrogen-bond donors (Lipinski definition) is 3. The van der Waals surface area contributed by atoms with Crippen LogP contribution in [0.4, 0.5) is 0 Å². The average molecular weight is 342 g/mol. The maximum absolute atomic E-state index is 11.7. The second-order valence-electron chi connectivity index (χ2n) is 5.96. The lowest BCUT2D eigenvalue weighted by molar-refractivity contribution is 0.503. The van der Waals surface area contributed by atoms with Gasteiger partial charge in [-0.25, -0.2) is 4.98 Å². The van der Waals surface area contributed by atoms with Gasteiger partial charge in [-0.05, 0) is 36.8 Å².